The van der Waals surface area contributed by atoms with Gasteiger partial charge >= 0.3 is 0 Å². The number of rotatable bonds is 6. The van der Waals surface area contributed by atoms with E-state index in [-0.39, 0.29) is 22.4 Å². The van der Waals surface area contributed by atoms with Crippen LogP contribution in [0, 0.1) is 5.82 Å². The first kappa shape index (κ1) is 21.3. The van der Waals surface area contributed by atoms with Crippen LogP contribution < -0.4 is 9.47 Å². The summed E-state index contributed by atoms with van der Waals surface area (Å²) >= 11 is 0. The van der Waals surface area contributed by atoms with Crippen LogP contribution in [0.1, 0.15) is 24.6 Å². The van der Waals surface area contributed by atoms with E-state index in [0.717, 1.165) is 0 Å². The topological polar surface area (TPSA) is 94.8 Å². The smallest absolute Gasteiger partial charge is 0.257 e. The molecule has 164 valence electrons. The molecule has 2 heterocycles. The molecule has 0 aliphatic carbocycles. The molecule has 0 spiro atoms. The Labute approximate surface area is 179 Å². The van der Waals surface area contributed by atoms with Crippen LogP contribution in [0.4, 0.5) is 4.39 Å². The van der Waals surface area contributed by atoms with Gasteiger partial charge in [0.05, 0.1) is 14.2 Å². The van der Waals surface area contributed by atoms with Gasteiger partial charge in [-0.1, -0.05) is 5.16 Å². The van der Waals surface area contributed by atoms with Crippen LogP contribution >= 0.6 is 0 Å². The van der Waals surface area contributed by atoms with Crippen LogP contribution in [0.2, 0.25) is 0 Å². The van der Waals surface area contributed by atoms with E-state index >= 15 is 0 Å². The summed E-state index contributed by atoms with van der Waals surface area (Å²) in [6, 6.07) is 10.5. The standard InChI is InChI=1S/C21H22FN3O5S/c1-28-17-7-8-18(29-2)19(13-17)31(26,27)25-11-9-14(10-12-25)20-23-21(30-24-20)15-3-5-16(22)6-4-15/h3-8,13-14H,9-12H2,1-2H3. The second kappa shape index (κ2) is 8.64. The number of hydrogen-bond acceptors (Lipinski definition) is 7. The van der Waals surface area contributed by atoms with Gasteiger partial charge in [0.15, 0.2) is 5.82 Å². The number of piperidine rings is 1. The summed E-state index contributed by atoms with van der Waals surface area (Å²) in [6.45, 7) is 0.627. The zero-order chi connectivity index (χ0) is 22.0. The average molecular weight is 447 g/mol. The molecular weight excluding hydrogens is 425 g/mol. The summed E-state index contributed by atoms with van der Waals surface area (Å²) in [4.78, 5) is 4.50. The van der Waals surface area contributed by atoms with Gasteiger partial charge in [-0.3, -0.25) is 0 Å². The molecule has 31 heavy (non-hydrogen) atoms. The van der Waals surface area contributed by atoms with E-state index in [2.05, 4.69) is 10.1 Å². The van der Waals surface area contributed by atoms with Crippen molar-refractivity contribution in [3.63, 3.8) is 0 Å². The van der Waals surface area contributed by atoms with Crippen molar-refractivity contribution in [2.75, 3.05) is 27.3 Å². The summed E-state index contributed by atoms with van der Waals surface area (Å²) in [5.41, 5.74) is 0.630. The second-order valence-corrected chi connectivity index (χ2v) is 9.07. The highest BCUT2D eigenvalue weighted by atomic mass is 32.2. The molecule has 2 aromatic carbocycles. The van der Waals surface area contributed by atoms with Gasteiger partial charge in [-0.25, -0.2) is 12.8 Å². The summed E-state index contributed by atoms with van der Waals surface area (Å²) in [7, 11) is -0.843. The number of sulfonamides is 1. The third kappa shape index (κ3) is 4.26. The number of nitrogens with zero attached hydrogens (tertiary/aromatic N) is 3. The molecule has 0 unspecified atom stereocenters. The Hall–Kier alpha value is -2.98. The molecule has 10 heteroatoms. The molecular formula is C21H22FN3O5S. The van der Waals surface area contributed by atoms with Gasteiger partial charge in [-0.05, 0) is 49.2 Å². The minimum Gasteiger partial charge on any atom is -0.497 e. The molecule has 1 fully saturated rings. The highest BCUT2D eigenvalue weighted by molar-refractivity contribution is 7.89. The van der Waals surface area contributed by atoms with Crippen molar-refractivity contribution in [3.8, 4) is 23.0 Å². The number of hydrogen-bond donors (Lipinski definition) is 0. The van der Waals surface area contributed by atoms with E-state index in [1.54, 1.807) is 24.3 Å². The SMILES string of the molecule is COc1ccc(OC)c(S(=O)(=O)N2CCC(c3noc(-c4ccc(F)cc4)n3)CC2)c1. The van der Waals surface area contributed by atoms with Gasteiger partial charge < -0.3 is 14.0 Å². The van der Waals surface area contributed by atoms with Crippen molar-refractivity contribution in [2.24, 2.45) is 0 Å². The monoisotopic (exact) mass is 447 g/mol. The lowest BCUT2D eigenvalue weighted by atomic mass is 9.97. The fourth-order valence-electron chi connectivity index (χ4n) is 3.59. The maximum Gasteiger partial charge on any atom is 0.257 e. The molecule has 0 bridgehead atoms. The first-order chi connectivity index (χ1) is 14.9. The number of ether oxygens (including phenoxy) is 2. The Morgan fingerprint density at radius 1 is 1.06 bits per heavy atom. The lowest BCUT2D eigenvalue weighted by Crippen LogP contribution is -2.38. The molecule has 1 aromatic heterocycles. The van der Waals surface area contributed by atoms with E-state index in [1.165, 1.54) is 36.7 Å². The minimum absolute atomic E-state index is 0.0309. The van der Waals surface area contributed by atoms with Crippen LogP contribution in [0.15, 0.2) is 51.9 Å². The van der Waals surface area contributed by atoms with Crippen molar-refractivity contribution in [1.82, 2.24) is 14.4 Å². The lowest BCUT2D eigenvalue weighted by molar-refractivity contribution is 0.305. The summed E-state index contributed by atoms with van der Waals surface area (Å²) in [6.07, 6.45) is 1.10. The number of methoxy groups -OCH3 is 2. The van der Waals surface area contributed by atoms with Crippen molar-refractivity contribution >= 4 is 10.0 Å². The Balaban J connectivity index is 1.48. The molecule has 1 aliphatic rings. The van der Waals surface area contributed by atoms with Gasteiger partial charge in [-0.15, -0.1) is 0 Å². The van der Waals surface area contributed by atoms with Crippen molar-refractivity contribution < 1.29 is 26.8 Å². The third-order valence-corrected chi connectivity index (χ3v) is 7.26. The fraction of sp³-hybridized carbons (Fsp3) is 0.333. The summed E-state index contributed by atoms with van der Waals surface area (Å²) in [5.74, 6) is 1.17. The zero-order valence-electron chi connectivity index (χ0n) is 17.1. The fourth-order valence-corrected chi connectivity index (χ4v) is 5.23. The quantitative estimate of drug-likeness (QED) is 0.571. The average Bonchev–Trinajstić information content (AvgIpc) is 3.29. The summed E-state index contributed by atoms with van der Waals surface area (Å²) < 4.78 is 56.7. The van der Waals surface area contributed by atoms with E-state index in [4.69, 9.17) is 14.0 Å². The Bertz CT molecular complexity index is 1160. The van der Waals surface area contributed by atoms with Gasteiger partial charge in [0.25, 0.3) is 5.89 Å². The normalized spacial score (nSPS) is 15.7. The van der Waals surface area contributed by atoms with Crippen LogP contribution in [0.5, 0.6) is 11.5 Å². The second-order valence-electron chi connectivity index (χ2n) is 7.16. The maximum atomic E-state index is 13.2. The first-order valence-corrected chi connectivity index (χ1v) is 11.2. The van der Waals surface area contributed by atoms with Crippen LogP contribution in [-0.2, 0) is 10.0 Å². The number of aromatic nitrogens is 2. The lowest BCUT2D eigenvalue weighted by Gasteiger charge is -2.30. The molecule has 4 rings (SSSR count). The molecule has 8 nitrogen and oxygen atoms in total. The van der Waals surface area contributed by atoms with Crippen LogP contribution in [-0.4, -0.2) is 50.2 Å². The third-order valence-electron chi connectivity index (χ3n) is 5.34. The highest BCUT2D eigenvalue weighted by Gasteiger charge is 2.33. The molecule has 0 atom stereocenters. The van der Waals surface area contributed by atoms with Crippen molar-refractivity contribution in [2.45, 2.75) is 23.7 Å². The molecule has 0 radical (unpaired) electrons. The molecule has 0 N–H and O–H groups in total. The van der Waals surface area contributed by atoms with Crippen LogP contribution in [0.25, 0.3) is 11.5 Å². The first-order valence-electron chi connectivity index (χ1n) is 9.74. The number of halogens is 1. The predicted molar refractivity (Wildman–Crippen MR) is 110 cm³/mol. The molecule has 0 saturated carbocycles. The Kier molecular flexibility index (Phi) is 5.92. The highest BCUT2D eigenvalue weighted by Crippen LogP contribution is 2.34. The largest absolute Gasteiger partial charge is 0.497 e. The van der Waals surface area contributed by atoms with E-state index in [1.807, 2.05) is 0 Å². The number of benzene rings is 2. The molecule has 1 aliphatic heterocycles. The minimum atomic E-state index is -3.76. The predicted octanol–water partition coefficient (Wildman–Crippen LogP) is 3.46. The Morgan fingerprint density at radius 2 is 1.77 bits per heavy atom. The zero-order valence-corrected chi connectivity index (χ0v) is 17.9. The van der Waals surface area contributed by atoms with Gasteiger partial charge in [0, 0.05) is 30.6 Å². The van der Waals surface area contributed by atoms with E-state index in [0.29, 0.717) is 49.0 Å². The summed E-state index contributed by atoms with van der Waals surface area (Å²) in [5, 5.41) is 4.05. The van der Waals surface area contributed by atoms with Gasteiger partial charge in [0.1, 0.15) is 22.2 Å². The van der Waals surface area contributed by atoms with Crippen molar-refractivity contribution in [1.29, 1.82) is 0 Å². The Morgan fingerprint density at radius 3 is 2.42 bits per heavy atom. The molecule has 0 amide bonds. The molecule has 1 saturated heterocycles. The molecule has 3 aromatic rings. The van der Waals surface area contributed by atoms with Crippen molar-refractivity contribution in [3.05, 3.63) is 54.1 Å². The van der Waals surface area contributed by atoms with Gasteiger partial charge in [-0.2, -0.15) is 9.29 Å². The maximum absolute atomic E-state index is 13.2. The van der Waals surface area contributed by atoms with Crippen LogP contribution in [0.3, 0.4) is 0 Å². The van der Waals surface area contributed by atoms with Gasteiger partial charge in [0.2, 0.25) is 10.0 Å². The van der Waals surface area contributed by atoms with E-state index in [9.17, 15) is 12.8 Å². The van der Waals surface area contributed by atoms with E-state index < -0.39 is 10.0 Å².